The minimum absolute atomic E-state index is 0.0297. The Morgan fingerprint density at radius 3 is 2.54 bits per heavy atom. The summed E-state index contributed by atoms with van der Waals surface area (Å²) in [6.07, 6.45) is -7.67. The topological polar surface area (TPSA) is 178 Å². The molecule has 12 nitrogen and oxygen atoms in total. The van der Waals surface area contributed by atoms with Gasteiger partial charge in [0.1, 0.15) is 35.8 Å². The smallest absolute Gasteiger partial charge is 0.231 e. The molecule has 0 saturated carbocycles. The van der Waals surface area contributed by atoms with Gasteiger partial charge < -0.3 is 53.6 Å². The number of methoxy groups -OCH3 is 1. The molecule has 0 radical (unpaired) electrons. The van der Waals surface area contributed by atoms with Crippen molar-refractivity contribution in [2.45, 2.75) is 30.7 Å². The Hall–Kier alpha value is -3.55. The van der Waals surface area contributed by atoms with Gasteiger partial charge in [0.25, 0.3) is 0 Å². The number of phenolic OH excluding ortho intramolecular Hbond substituents is 1. The fourth-order valence-corrected chi connectivity index (χ4v) is 3.97. The SMILES string of the molecule is COc1cc(-c2cc(=O)c3cc(OC4OC(CO)C(O)C(O)C4O)c(O)cc3o2)cc2c1OCO2. The largest absolute Gasteiger partial charge is 0.504 e. The zero-order valence-electron chi connectivity index (χ0n) is 18.3. The molecule has 186 valence electrons. The first-order chi connectivity index (χ1) is 16.8. The number of aliphatic hydroxyl groups is 4. The quantitative estimate of drug-likeness (QED) is 0.326. The van der Waals surface area contributed by atoms with E-state index in [2.05, 4.69) is 0 Å². The van der Waals surface area contributed by atoms with E-state index >= 15 is 0 Å². The van der Waals surface area contributed by atoms with Crippen LogP contribution in [0.25, 0.3) is 22.3 Å². The molecule has 2 aliphatic rings. The average Bonchev–Trinajstić information content (AvgIpc) is 3.33. The minimum Gasteiger partial charge on any atom is -0.504 e. The second-order valence-corrected chi connectivity index (χ2v) is 8.02. The molecule has 0 amide bonds. The summed E-state index contributed by atoms with van der Waals surface area (Å²) in [6.45, 7) is -0.618. The van der Waals surface area contributed by atoms with E-state index in [9.17, 15) is 30.3 Å². The van der Waals surface area contributed by atoms with E-state index in [-0.39, 0.29) is 29.3 Å². The van der Waals surface area contributed by atoms with Crippen LogP contribution in [-0.2, 0) is 4.74 Å². The van der Waals surface area contributed by atoms with E-state index in [4.69, 9.17) is 28.1 Å². The van der Waals surface area contributed by atoms with Crippen LogP contribution < -0.4 is 24.4 Å². The highest BCUT2D eigenvalue weighted by molar-refractivity contribution is 5.83. The van der Waals surface area contributed by atoms with Crippen molar-refractivity contribution >= 4 is 11.0 Å². The number of aromatic hydroxyl groups is 1. The molecule has 1 saturated heterocycles. The highest BCUT2D eigenvalue weighted by Crippen LogP contribution is 2.44. The molecule has 12 heteroatoms. The van der Waals surface area contributed by atoms with Crippen LogP contribution >= 0.6 is 0 Å². The van der Waals surface area contributed by atoms with Crippen molar-refractivity contribution in [1.82, 2.24) is 0 Å². The summed E-state index contributed by atoms with van der Waals surface area (Å²) >= 11 is 0. The molecule has 35 heavy (non-hydrogen) atoms. The molecule has 0 bridgehead atoms. The van der Waals surface area contributed by atoms with Gasteiger partial charge in [0.2, 0.25) is 18.8 Å². The predicted octanol–water partition coefficient (Wildman–Crippen LogP) is 0.0816. The molecule has 3 heterocycles. The first-order valence-corrected chi connectivity index (χ1v) is 10.6. The summed E-state index contributed by atoms with van der Waals surface area (Å²) in [5, 5.41) is 49.9. The van der Waals surface area contributed by atoms with Crippen LogP contribution in [0.5, 0.6) is 28.7 Å². The van der Waals surface area contributed by atoms with E-state index in [1.54, 1.807) is 12.1 Å². The van der Waals surface area contributed by atoms with Gasteiger partial charge in [0.15, 0.2) is 28.4 Å². The summed E-state index contributed by atoms with van der Waals surface area (Å²) in [5.74, 6) is 0.745. The van der Waals surface area contributed by atoms with Gasteiger partial charge in [-0.2, -0.15) is 0 Å². The molecule has 2 aliphatic heterocycles. The predicted molar refractivity (Wildman–Crippen MR) is 117 cm³/mol. The van der Waals surface area contributed by atoms with Gasteiger partial charge in [-0.25, -0.2) is 0 Å². The monoisotopic (exact) mass is 490 g/mol. The van der Waals surface area contributed by atoms with Crippen molar-refractivity contribution in [2.24, 2.45) is 0 Å². The first-order valence-electron chi connectivity index (χ1n) is 10.6. The second-order valence-electron chi connectivity index (χ2n) is 8.02. The molecule has 0 spiro atoms. The lowest BCUT2D eigenvalue weighted by Gasteiger charge is -2.39. The normalized spacial score (nSPS) is 25.6. The number of ether oxygens (including phenoxy) is 5. The second kappa shape index (κ2) is 8.91. The van der Waals surface area contributed by atoms with E-state index in [0.29, 0.717) is 22.8 Å². The third-order valence-corrected chi connectivity index (χ3v) is 5.84. The number of rotatable bonds is 5. The maximum absolute atomic E-state index is 12.9. The summed E-state index contributed by atoms with van der Waals surface area (Å²) in [7, 11) is 1.46. The summed E-state index contributed by atoms with van der Waals surface area (Å²) in [4.78, 5) is 12.9. The molecular formula is C23H22O12. The Bertz CT molecular complexity index is 1320. The molecule has 5 rings (SSSR count). The maximum atomic E-state index is 12.9. The third kappa shape index (κ3) is 4.00. The van der Waals surface area contributed by atoms with Gasteiger partial charge in [-0.1, -0.05) is 0 Å². The van der Waals surface area contributed by atoms with Crippen LogP contribution in [-0.4, -0.2) is 76.7 Å². The Labute approximate surface area is 197 Å². The van der Waals surface area contributed by atoms with Gasteiger partial charge >= 0.3 is 0 Å². The van der Waals surface area contributed by atoms with Crippen molar-refractivity contribution < 1.29 is 53.6 Å². The molecule has 1 fully saturated rings. The lowest BCUT2D eigenvalue weighted by Crippen LogP contribution is -2.60. The molecule has 1 aromatic heterocycles. The number of aliphatic hydroxyl groups excluding tert-OH is 4. The third-order valence-electron chi connectivity index (χ3n) is 5.84. The van der Waals surface area contributed by atoms with Gasteiger partial charge in [-0.15, -0.1) is 0 Å². The van der Waals surface area contributed by atoms with Crippen LogP contribution in [0.1, 0.15) is 0 Å². The standard InChI is InChI=1S/C23H22O12/c1-30-16-2-9(3-17-22(16)32-8-31-17)13-5-11(25)10-4-15(12(26)6-14(10)33-13)34-23-21(29)20(28)19(27)18(7-24)35-23/h2-6,18-21,23-24,26-29H,7-8H2,1H3. The van der Waals surface area contributed by atoms with Gasteiger partial charge in [0, 0.05) is 17.7 Å². The maximum Gasteiger partial charge on any atom is 0.231 e. The lowest BCUT2D eigenvalue weighted by atomic mass is 9.99. The summed E-state index contributed by atoms with van der Waals surface area (Å²) in [6, 6.07) is 6.85. The fourth-order valence-electron chi connectivity index (χ4n) is 3.97. The van der Waals surface area contributed by atoms with Crippen LogP contribution in [0.2, 0.25) is 0 Å². The molecular weight excluding hydrogens is 468 g/mol. The fraction of sp³-hybridized carbons (Fsp3) is 0.348. The van der Waals surface area contributed by atoms with Gasteiger partial charge in [-0.05, 0) is 18.2 Å². The highest BCUT2D eigenvalue weighted by atomic mass is 16.7. The Balaban J connectivity index is 1.49. The Kier molecular flexibility index (Phi) is 5.91. The highest BCUT2D eigenvalue weighted by Gasteiger charge is 2.45. The molecule has 5 atom stereocenters. The van der Waals surface area contributed by atoms with Crippen LogP contribution in [0.3, 0.4) is 0 Å². The molecule has 0 aliphatic carbocycles. The zero-order chi connectivity index (χ0) is 24.9. The summed E-state index contributed by atoms with van der Waals surface area (Å²) < 4.78 is 32.7. The van der Waals surface area contributed by atoms with E-state index < -0.39 is 48.5 Å². The molecule has 2 aromatic carbocycles. The van der Waals surface area contributed by atoms with Crippen molar-refractivity contribution in [1.29, 1.82) is 0 Å². The number of hydrogen-bond acceptors (Lipinski definition) is 12. The Morgan fingerprint density at radius 1 is 1.00 bits per heavy atom. The number of fused-ring (bicyclic) bond motifs is 2. The molecule has 5 unspecified atom stereocenters. The van der Waals surface area contributed by atoms with Crippen LogP contribution in [0, 0.1) is 0 Å². The Morgan fingerprint density at radius 2 is 1.80 bits per heavy atom. The van der Waals surface area contributed by atoms with E-state index in [1.807, 2.05) is 0 Å². The van der Waals surface area contributed by atoms with Gasteiger partial charge in [0.05, 0.1) is 19.1 Å². The van der Waals surface area contributed by atoms with E-state index in [1.165, 1.54) is 19.2 Å². The van der Waals surface area contributed by atoms with Crippen molar-refractivity contribution in [3.63, 3.8) is 0 Å². The number of benzene rings is 2. The molecule has 3 aromatic rings. The van der Waals surface area contributed by atoms with Crippen molar-refractivity contribution in [3.05, 3.63) is 40.6 Å². The lowest BCUT2D eigenvalue weighted by molar-refractivity contribution is -0.277. The number of hydrogen-bond donors (Lipinski definition) is 5. The van der Waals surface area contributed by atoms with E-state index in [0.717, 1.165) is 6.07 Å². The van der Waals surface area contributed by atoms with Crippen LogP contribution in [0.4, 0.5) is 0 Å². The van der Waals surface area contributed by atoms with Crippen molar-refractivity contribution in [3.8, 4) is 40.1 Å². The first kappa shape index (κ1) is 23.2. The van der Waals surface area contributed by atoms with Crippen LogP contribution in [0.15, 0.2) is 39.5 Å². The number of phenols is 1. The molecule has 5 N–H and O–H groups in total. The van der Waals surface area contributed by atoms with Crippen molar-refractivity contribution in [2.75, 3.05) is 20.5 Å². The zero-order valence-corrected chi connectivity index (χ0v) is 18.3. The van der Waals surface area contributed by atoms with Gasteiger partial charge in [-0.3, -0.25) is 4.79 Å². The average molecular weight is 490 g/mol. The summed E-state index contributed by atoms with van der Waals surface area (Å²) in [5.41, 5.74) is 0.0607. The minimum atomic E-state index is -1.69.